The third-order valence-corrected chi connectivity index (χ3v) is 6.77. The van der Waals surface area contributed by atoms with E-state index in [4.69, 9.17) is 11.6 Å². The second-order valence-electron chi connectivity index (χ2n) is 6.53. The largest absolute Gasteiger partial charge is 0.340 e. The Bertz CT molecular complexity index is 1000. The third kappa shape index (κ3) is 4.40. The van der Waals surface area contributed by atoms with E-state index in [1.165, 1.54) is 11.3 Å². The Kier molecular flexibility index (Phi) is 5.58. The van der Waals surface area contributed by atoms with E-state index in [0.29, 0.717) is 26.1 Å². The van der Waals surface area contributed by atoms with Gasteiger partial charge in [0.25, 0.3) is 5.56 Å². The summed E-state index contributed by atoms with van der Waals surface area (Å²) in [5.74, 6) is 0.190. The van der Waals surface area contributed by atoms with E-state index in [1.54, 1.807) is 28.0 Å². The standard InChI is InChI=1S/C18H19ClN4O2S2/c19-13-9-15(27-12-13)1-2-16(24)22-5-3-21(4-6-22)11-14-10-17(25)23-7-8-26-18(23)20-14/h7-10,12H,1-6,11H2. The van der Waals surface area contributed by atoms with Gasteiger partial charge in [-0.2, -0.15) is 0 Å². The average Bonchev–Trinajstić information content (AvgIpc) is 3.29. The molecule has 3 aromatic rings. The minimum absolute atomic E-state index is 0.0428. The Morgan fingerprint density at radius 2 is 2.00 bits per heavy atom. The highest BCUT2D eigenvalue weighted by Crippen LogP contribution is 2.21. The average molecular weight is 423 g/mol. The summed E-state index contributed by atoms with van der Waals surface area (Å²) in [6, 6.07) is 3.53. The van der Waals surface area contributed by atoms with Gasteiger partial charge < -0.3 is 4.90 Å². The Labute approximate surface area is 169 Å². The topological polar surface area (TPSA) is 57.9 Å². The molecule has 0 atom stereocenters. The number of carbonyl (C=O) groups is 1. The molecule has 1 saturated heterocycles. The van der Waals surface area contributed by atoms with Crippen LogP contribution in [-0.2, 0) is 17.8 Å². The van der Waals surface area contributed by atoms with Crippen molar-refractivity contribution in [3.63, 3.8) is 0 Å². The van der Waals surface area contributed by atoms with Crippen molar-refractivity contribution >= 4 is 45.1 Å². The zero-order valence-electron chi connectivity index (χ0n) is 14.6. The lowest BCUT2D eigenvalue weighted by molar-refractivity contribution is -0.132. The first-order valence-electron chi connectivity index (χ1n) is 8.77. The number of piperazine rings is 1. The van der Waals surface area contributed by atoms with Crippen LogP contribution in [0.3, 0.4) is 0 Å². The van der Waals surface area contributed by atoms with Crippen molar-refractivity contribution in [1.82, 2.24) is 19.2 Å². The van der Waals surface area contributed by atoms with Gasteiger partial charge >= 0.3 is 0 Å². The molecule has 0 aliphatic carbocycles. The molecule has 4 rings (SSSR count). The van der Waals surface area contributed by atoms with Crippen LogP contribution in [0.15, 0.2) is 33.9 Å². The van der Waals surface area contributed by atoms with E-state index in [1.807, 2.05) is 21.7 Å². The Hall–Kier alpha value is -1.74. The maximum Gasteiger partial charge on any atom is 0.258 e. The first-order chi connectivity index (χ1) is 13.1. The minimum atomic E-state index is -0.0428. The quantitative estimate of drug-likeness (QED) is 0.634. The lowest BCUT2D eigenvalue weighted by Crippen LogP contribution is -2.48. The summed E-state index contributed by atoms with van der Waals surface area (Å²) in [6.07, 6.45) is 3.00. The fraction of sp³-hybridized carbons (Fsp3) is 0.389. The maximum absolute atomic E-state index is 12.4. The number of fused-ring (bicyclic) bond motifs is 1. The predicted molar refractivity (Wildman–Crippen MR) is 109 cm³/mol. The summed E-state index contributed by atoms with van der Waals surface area (Å²) < 4.78 is 1.56. The molecule has 3 aromatic heterocycles. The van der Waals surface area contributed by atoms with Crippen molar-refractivity contribution in [2.45, 2.75) is 19.4 Å². The normalized spacial score (nSPS) is 15.5. The summed E-state index contributed by atoms with van der Waals surface area (Å²) in [6.45, 7) is 3.65. The monoisotopic (exact) mass is 422 g/mol. The lowest BCUT2D eigenvalue weighted by Gasteiger charge is -2.34. The van der Waals surface area contributed by atoms with Crippen LogP contribution in [0, 0.1) is 0 Å². The summed E-state index contributed by atoms with van der Waals surface area (Å²) in [5, 5.41) is 4.50. The number of hydrogen-bond donors (Lipinski definition) is 0. The fourth-order valence-corrected chi connectivity index (χ4v) is 5.04. The molecule has 1 aliphatic heterocycles. The van der Waals surface area contributed by atoms with Crippen LogP contribution in [0.25, 0.3) is 4.96 Å². The highest BCUT2D eigenvalue weighted by atomic mass is 35.5. The fourth-order valence-electron chi connectivity index (χ4n) is 3.23. The van der Waals surface area contributed by atoms with Crippen LogP contribution >= 0.6 is 34.3 Å². The van der Waals surface area contributed by atoms with E-state index in [0.717, 1.165) is 40.1 Å². The van der Waals surface area contributed by atoms with E-state index in [9.17, 15) is 9.59 Å². The molecule has 142 valence electrons. The van der Waals surface area contributed by atoms with Crippen molar-refractivity contribution in [3.8, 4) is 0 Å². The van der Waals surface area contributed by atoms with Crippen LogP contribution in [-0.4, -0.2) is 51.3 Å². The SMILES string of the molecule is O=C(CCc1cc(Cl)cs1)N1CCN(Cc2cc(=O)n3ccsc3n2)CC1. The van der Waals surface area contributed by atoms with Crippen LogP contribution in [0.4, 0.5) is 0 Å². The number of nitrogens with zero attached hydrogens (tertiary/aromatic N) is 4. The van der Waals surface area contributed by atoms with Crippen LogP contribution in [0.1, 0.15) is 17.0 Å². The van der Waals surface area contributed by atoms with Crippen LogP contribution < -0.4 is 5.56 Å². The molecule has 0 unspecified atom stereocenters. The van der Waals surface area contributed by atoms with Crippen molar-refractivity contribution in [3.05, 3.63) is 55.0 Å². The van der Waals surface area contributed by atoms with Gasteiger partial charge in [-0.3, -0.25) is 18.9 Å². The molecule has 27 heavy (non-hydrogen) atoms. The van der Waals surface area contributed by atoms with Crippen molar-refractivity contribution in [1.29, 1.82) is 0 Å². The molecular weight excluding hydrogens is 404 g/mol. The number of aromatic nitrogens is 2. The number of carbonyl (C=O) groups excluding carboxylic acids is 1. The highest BCUT2D eigenvalue weighted by Gasteiger charge is 2.21. The third-order valence-electron chi connectivity index (χ3n) is 4.67. The molecule has 9 heteroatoms. The summed E-state index contributed by atoms with van der Waals surface area (Å²) >= 11 is 8.98. The number of amides is 1. The van der Waals surface area contributed by atoms with Crippen molar-refractivity contribution in [2.75, 3.05) is 26.2 Å². The Morgan fingerprint density at radius 1 is 1.19 bits per heavy atom. The second-order valence-corrected chi connectivity index (χ2v) is 8.83. The molecule has 0 radical (unpaired) electrons. The van der Waals surface area contributed by atoms with Gasteiger partial charge in [0.15, 0.2) is 4.96 Å². The zero-order chi connectivity index (χ0) is 18.8. The van der Waals surface area contributed by atoms with Gasteiger partial charge in [-0.05, 0) is 12.5 Å². The van der Waals surface area contributed by atoms with Crippen LogP contribution in [0.2, 0.25) is 5.02 Å². The molecule has 0 bridgehead atoms. The lowest BCUT2D eigenvalue weighted by atomic mass is 10.2. The molecule has 1 amide bonds. The van der Waals surface area contributed by atoms with Gasteiger partial charge in [-0.15, -0.1) is 22.7 Å². The zero-order valence-corrected chi connectivity index (χ0v) is 17.0. The molecular formula is C18H19ClN4O2S2. The Balaban J connectivity index is 1.29. The predicted octanol–water partition coefficient (Wildman–Crippen LogP) is 2.75. The van der Waals surface area contributed by atoms with Gasteiger partial charge in [-0.1, -0.05) is 11.6 Å². The molecule has 6 nitrogen and oxygen atoms in total. The number of aryl methyl sites for hydroxylation is 1. The summed E-state index contributed by atoms with van der Waals surface area (Å²) in [4.78, 5) is 35.1. The van der Waals surface area contributed by atoms with Crippen molar-refractivity contribution in [2.24, 2.45) is 0 Å². The van der Waals surface area contributed by atoms with Crippen LogP contribution in [0.5, 0.6) is 0 Å². The summed E-state index contributed by atoms with van der Waals surface area (Å²) in [7, 11) is 0. The summed E-state index contributed by atoms with van der Waals surface area (Å²) in [5.41, 5.74) is 0.746. The molecule has 4 heterocycles. The number of thiazole rings is 1. The molecule has 1 fully saturated rings. The molecule has 0 aromatic carbocycles. The molecule has 0 spiro atoms. The van der Waals surface area contributed by atoms with Gasteiger partial charge in [0, 0.05) is 67.0 Å². The first-order valence-corrected chi connectivity index (χ1v) is 10.9. The first kappa shape index (κ1) is 18.6. The number of rotatable bonds is 5. The van der Waals surface area contributed by atoms with Gasteiger partial charge in [0.05, 0.1) is 10.7 Å². The highest BCUT2D eigenvalue weighted by molar-refractivity contribution is 7.15. The molecule has 0 N–H and O–H groups in total. The number of thiophene rings is 1. The molecule has 0 saturated carbocycles. The second kappa shape index (κ2) is 8.10. The van der Waals surface area contributed by atoms with Gasteiger partial charge in [-0.25, -0.2) is 4.98 Å². The van der Waals surface area contributed by atoms with Gasteiger partial charge in [0.1, 0.15) is 0 Å². The van der Waals surface area contributed by atoms with E-state index < -0.39 is 0 Å². The van der Waals surface area contributed by atoms with E-state index in [2.05, 4.69) is 9.88 Å². The number of halogens is 1. The van der Waals surface area contributed by atoms with Crippen molar-refractivity contribution < 1.29 is 4.79 Å². The van der Waals surface area contributed by atoms with E-state index in [-0.39, 0.29) is 11.5 Å². The Morgan fingerprint density at radius 3 is 2.74 bits per heavy atom. The smallest absolute Gasteiger partial charge is 0.258 e. The number of hydrogen-bond acceptors (Lipinski definition) is 6. The van der Waals surface area contributed by atoms with E-state index >= 15 is 0 Å². The minimum Gasteiger partial charge on any atom is -0.340 e. The molecule has 1 aliphatic rings. The van der Waals surface area contributed by atoms with Gasteiger partial charge in [0.2, 0.25) is 5.91 Å². The maximum atomic E-state index is 12.4.